The van der Waals surface area contributed by atoms with Gasteiger partial charge in [0.15, 0.2) is 0 Å². The Balaban J connectivity index is 2.20. The first kappa shape index (κ1) is 18.0. The number of ether oxygens (including phenoxy) is 2. The molecule has 2 nitrogen and oxygen atoms in total. The molecular weight excluding hydrogens is 310 g/mol. The van der Waals surface area contributed by atoms with Gasteiger partial charge in [0.1, 0.15) is 11.5 Å². The minimum absolute atomic E-state index is 0.173. The molecule has 4 heteroatoms. The minimum Gasteiger partial charge on any atom is -0.494 e. The van der Waals surface area contributed by atoms with Crippen LogP contribution in [0.1, 0.15) is 32.3 Å². The normalized spacial score (nSPS) is 11.2. The van der Waals surface area contributed by atoms with Crippen molar-refractivity contribution >= 4 is 6.08 Å². The SMILES string of the molecule is C/C=C/c1cc(-c2ccc(OCCCC)cc2)ccc1OC(F)F. The highest BCUT2D eigenvalue weighted by molar-refractivity contribution is 5.71. The fourth-order valence-corrected chi connectivity index (χ4v) is 2.32. The quantitative estimate of drug-likeness (QED) is 0.538. The lowest BCUT2D eigenvalue weighted by molar-refractivity contribution is -0.0499. The molecule has 0 unspecified atom stereocenters. The van der Waals surface area contributed by atoms with E-state index in [2.05, 4.69) is 11.7 Å². The number of rotatable bonds is 8. The third-order valence-corrected chi connectivity index (χ3v) is 3.53. The second kappa shape index (κ2) is 9.06. The van der Waals surface area contributed by atoms with Gasteiger partial charge in [0.25, 0.3) is 0 Å². The van der Waals surface area contributed by atoms with Crippen LogP contribution in [0.2, 0.25) is 0 Å². The van der Waals surface area contributed by atoms with Crippen LogP contribution in [0.3, 0.4) is 0 Å². The monoisotopic (exact) mass is 332 g/mol. The maximum atomic E-state index is 12.5. The van der Waals surface area contributed by atoms with Crippen molar-refractivity contribution in [2.75, 3.05) is 6.61 Å². The van der Waals surface area contributed by atoms with Crippen LogP contribution in [-0.2, 0) is 0 Å². The van der Waals surface area contributed by atoms with Gasteiger partial charge in [-0.15, -0.1) is 0 Å². The summed E-state index contributed by atoms with van der Waals surface area (Å²) >= 11 is 0. The molecule has 0 atom stereocenters. The number of unbranched alkanes of at least 4 members (excludes halogenated alkanes) is 1. The van der Waals surface area contributed by atoms with Gasteiger partial charge in [-0.25, -0.2) is 0 Å². The summed E-state index contributed by atoms with van der Waals surface area (Å²) in [4.78, 5) is 0. The zero-order valence-corrected chi connectivity index (χ0v) is 14.0. The lowest BCUT2D eigenvalue weighted by atomic mass is 10.0. The van der Waals surface area contributed by atoms with Crippen LogP contribution < -0.4 is 9.47 Å². The molecule has 128 valence electrons. The molecular formula is C20H22F2O2. The highest BCUT2D eigenvalue weighted by Gasteiger charge is 2.09. The van der Waals surface area contributed by atoms with Gasteiger partial charge in [-0.3, -0.25) is 0 Å². The Hall–Kier alpha value is -2.36. The fraction of sp³-hybridized carbons (Fsp3) is 0.300. The van der Waals surface area contributed by atoms with Crippen molar-refractivity contribution in [2.24, 2.45) is 0 Å². The Bertz CT molecular complexity index is 664. The van der Waals surface area contributed by atoms with Gasteiger partial charge in [0.2, 0.25) is 0 Å². The van der Waals surface area contributed by atoms with Crippen molar-refractivity contribution in [2.45, 2.75) is 33.3 Å². The van der Waals surface area contributed by atoms with Crippen molar-refractivity contribution in [3.63, 3.8) is 0 Å². The Morgan fingerprint density at radius 3 is 2.38 bits per heavy atom. The summed E-state index contributed by atoms with van der Waals surface area (Å²) in [5, 5.41) is 0. The molecule has 0 amide bonds. The molecule has 0 fully saturated rings. The van der Waals surface area contributed by atoms with E-state index in [-0.39, 0.29) is 5.75 Å². The lowest BCUT2D eigenvalue weighted by Crippen LogP contribution is -2.03. The van der Waals surface area contributed by atoms with Crippen molar-refractivity contribution in [3.8, 4) is 22.6 Å². The number of hydrogen-bond donors (Lipinski definition) is 0. The largest absolute Gasteiger partial charge is 0.494 e. The van der Waals surface area contributed by atoms with Gasteiger partial charge >= 0.3 is 6.61 Å². The number of alkyl halides is 2. The van der Waals surface area contributed by atoms with Crippen molar-refractivity contribution in [1.29, 1.82) is 0 Å². The second-order valence-corrected chi connectivity index (χ2v) is 5.36. The van der Waals surface area contributed by atoms with Crippen LogP contribution in [0, 0.1) is 0 Å². The summed E-state index contributed by atoms with van der Waals surface area (Å²) in [6, 6.07) is 13.0. The molecule has 2 aromatic rings. The zero-order valence-electron chi connectivity index (χ0n) is 14.0. The Kier molecular flexibility index (Phi) is 6.79. The number of allylic oxidation sites excluding steroid dienone is 1. The molecule has 0 saturated carbocycles. The first-order valence-electron chi connectivity index (χ1n) is 8.08. The van der Waals surface area contributed by atoms with E-state index in [1.807, 2.05) is 37.3 Å². The third-order valence-electron chi connectivity index (χ3n) is 3.53. The molecule has 0 aliphatic carbocycles. The van der Waals surface area contributed by atoms with E-state index >= 15 is 0 Å². The summed E-state index contributed by atoms with van der Waals surface area (Å²) in [6.07, 6.45) is 5.67. The van der Waals surface area contributed by atoms with Crippen molar-refractivity contribution < 1.29 is 18.3 Å². The zero-order chi connectivity index (χ0) is 17.4. The minimum atomic E-state index is -2.83. The molecule has 0 N–H and O–H groups in total. The first-order chi connectivity index (χ1) is 11.6. The topological polar surface area (TPSA) is 18.5 Å². The molecule has 0 spiro atoms. The van der Waals surface area contributed by atoms with Gasteiger partial charge in [0.05, 0.1) is 6.61 Å². The summed E-state index contributed by atoms with van der Waals surface area (Å²) in [6.45, 7) is 1.83. The molecule has 0 bridgehead atoms. The number of halogens is 2. The Labute approximate surface area is 141 Å². The standard InChI is InChI=1S/C20H22F2O2/c1-3-5-13-23-18-10-7-15(8-11-18)16-9-12-19(24-20(21)22)17(14-16)6-4-2/h4,6-12,14,20H,3,5,13H2,1-2H3/b6-4+. The van der Waals surface area contributed by atoms with E-state index in [0.29, 0.717) is 12.2 Å². The maximum Gasteiger partial charge on any atom is 0.387 e. The summed E-state index contributed by atoms with van der Waals surface area (Å²) in [5.74, 6) is 1.00. The third kappa shape index (κ3) is 5.08. The smallest absolute Gasteiger partial charge is 0.387 e. The summed E-state index contributed by atoms with van der Waals surface area (Å²) in [7, 11) is 0. The van der Waals surface area contributed by atoms with Crippen molar-refractivity contribution in [3.05, 3.63) is 54.1 Å². The highest BCUT2D eigenvalue weighted by Crippen LogP contribution is 2.30. The van der Waals surface area contributed by atoms with Crippen LogP contribution in [0.25, 0.3) is 17.2 Å². The number of benzene rings is 2. The van der Waals surface area contributed by atoms with E-state index in [0.717, 1.165) is 29.7 Å². The van der Waals surface area contributed by atoms with Gasteiger partial charge in [-0.2, -0.15) is 8.78 Å². The highest BCUT2D eigenvalue weighted by atomic mass is 19.3. The van der Waals surface area contributed by atoms with E-state index in [1.165, 1.54) is 0 Å². The number of hydrogen-bond acceptors (Lipinski definition) is 2. The van der Waals surface area contributed by atoms with Crippen molar-refractivity contribution in [1.82, 2.24) is 0 Å². The molecule has 0 radical (unpaired) electrons. The van der Waals surface area contributed by atoms with E-state index in [4.69, 9.17) is 4.74 Å². The van der Waals surface area contributed by atoms with Gasteiger partial charge in [-0.1, -0.05) is 43.7 Å². The first-order valence-corrected chi connectivity index (χ1v) is 8.08. The van der Waals surface area contributed by atoms with E-state index in [1.54, 1.807) is 24.3 Å². The molecule has 24 heavy (non-hydrogen) atoms. The van der Waals surface area contributed by atoms with Gasteiger partial charge in [0, 0.05) is 5.56 Å². The van der Waals surface area contributed by atoms with Gasteiger partial charge in [-0.05, 0) is 48.7 Å². The Morgan fingerprint density at radius 1 is 1.04 bits per heavy atom. The predicted molar refractivity (Wildman–Crippen MR) is 93.6 cm³/mol. The Morgan fingerprint density at radius 2 is 1.75 bits per heavy atom. The summed E-state index contributed by atoms with van der Waals surface area (Å²) < 4.78 is 35.2. The van der Waals surface area contributed by atoms with Crippen LogP contribution >= 0.6 is 0 Å². The van der Waals surface area contributed by atoms with Gasteiger partial charge < -0.3 is 9.47 Å². The van der Waals surface area contributed by atoms with Crippen LogP contribution in [-0.4, -0.2) is 13.2 Å². The van der Waals surface area contributed by atoms with E-state index < -0.39 is 6.61 Å². The van der Waals surface area contributed by atoms with Crippen LogP contribution in [0.4, 0.5) is 8.78 Å². The fourth-order valence-electron chi connectivity index (χ4n) is 2.32. The predicted octanol–water partition coefficient (Wildman–Crippen LogP) is 6.17. The molecule has 2 aromatic carbocycles. The molecule has 2 rings (SSSR count). The lowest BCUT2D eigenvalue weighted by Gasteiger charge is -2.11. The second-order valence-electron chi connectivity index (χ2n) is 5.36. The maximum absolute atomic E-state index is 12.5. The molecule has 0 heterocycles. The van der Waals surface area contributed by atoms with Crippen LogP contribution in [0.5, 0.6) is 11.5 Å². The van der Waals surface area contributed by atoms with E-state index in [9.17, 15) is 8.78 Å². The molecule has 0 aromatic heterocycles. The van der Waals surface area contributed by atoms with Crippen LogP contribution in [0.15, 0.2) is 48.5 Å². The average molecular weight is 332 g/mol. The molecule has 0 aliphatic heterocycles. The molecule has 0 saturated heterocycles. The molecule has 0 aliphatic rings. The average Bonchev–Trinajstić information content (AvgIpc) is 2.57. The summed E-state index contributed by atoms with van der Waals surface area (Å²) in [5.41, 5.74) is 2.55.